The van der Waals surface area contributed by atoms with Crippen LogP contribution in [0.5, 0.6) is 0 Å². The third kappa shape index (κ3) is 3.88. The summed E-state index contributed by atoms with van der Waals surface area (Å²) in [7, 11) is 1.55. The Kier molecular flexibility index (Phi) is 5.49. The molecule has 0 heterocycles. The number of amides is 1. The van der Waals surface area contributed by atoms with Crippen molar-refractivity contribution in [3.05, 3.63) is 64.2 Å². The highest BCUT2D eigenvalue weighted by atomic mass is 16.6. The maximum Gasteiger partial charge on any atom is 0.293 e. The Balaban J connectivity index is 2.33. The predicted octanol–water partition coefficient (Wildman–Crippen LogP) is 2.79. The van der Waals surface area contributed by atoms with Crippen LogP contribution < -0.4 is 5.32 Å². The number of aliphatic hydroxyl groups excluding tert-OH is 1. The van der Waals surface area contributed by atoms with Gasteiger partial charge in [-0.15, -0.1) is 0 Å². The normalized spacial score (nSPS) is 11.6. The van der Waals surface area contributed by atoms with E-state index in [2.05, 4.69) is 5.32 Å². The molecular weight excluding hydrogens is 310 g/mol. The fraction of sp³-hybridized carbons (Fsp3) is 0.235. The first-order valence-corrected chi connectivity index (χ1v) is 7.42. The quantitative estimate of drug-likeness (QED) is 0.627. The van der Waals surface area contributed by atoms with Gasteiger partial charge in [0.15, 0.2) is 0 Å². The molecule has 0 aromatic heterocycles. The minimum Gasteiger partial charge on any atom is -0.394 e. The van der Waals surface area contributed by atoms with E-state index in [9.17, 15) is 14.9 Å². The molecule has 0 saturated carbocycles. The summed E-state index contributed by atoms with van der Waals surface area (Å²) in [5.74, 6) is -0.383. The van der Waals surface area contributed by atoms with Gasteiger partial charge in [-0.3, -0.25) is 14.9 Å². The van der Waals surface area contributed by atoms with Crippen LogP contribution in [0.15, 0.2) is 48.5 Å². The number of nitro groups is 1. The van der Waals surface area contributed by atoms with E-state index in [1.54, 1.807) is 26.1 Å². The summed E-state index contributed by atoms with van der Waals surface area (Å²) < 4.78 is 0. The zero-order valence-corrected chi connectivity index (χ0v) is 13.5. The van der Waals surface area contributed by atoms with Gasteiger partial charge in [-0.2, -0.15) is 0 Å². The van der Waals surface area contributed by atoms with Gasteiger partial charge in [0.25, 0.3) is 11.6 Å². The molecule has 2 N–H and O–H groups in total. The van der Waals surface area contributed by atoms with Crippen molar-refractivity contribution < 1.29 is 14.8 Å². The lowest BCUT2D eigenvalue weighted by Gasteiger charge is -2.23. The van der Waals surface area contributed by atoms with Crippen LogP contribution in [0.25, 0.3) is 0 Å². The Morgan fingerprint density at radius 2 is 1.96 bits per heavy atom. The van der Waals surface area contributed by atoms with Gasteiger partial charge in [-0.1, -0.05) is 18.2 Å². The number of hydrogen-bond donors (Lipinski definition) is 2. The zero-order valence-electron chi connectivity index (χ0n) is 13.5. The first-order valence-electron chi connectivity index (χ1n) is 7.42. The molecule has 0 aliphatic heterocycles. The molecule has 0 spiro atoms. The lowest BCUT2D eigenvalue weighted by molar-refractivity contribution is -0.383. The molecular formula is C17H19N3O4. The Hall–Kier alpha value is -2.93. The number of nitrogens with zero attached hydrogens (tertiary/aromatic N) is 2. The van der Waals surface area contributed by atoms with Crippen LogP contribution in [0.3, 0.4) is 0 Å². The third-order valence-electron chi connectivity index (χ3n) is 3.74. The number of rotatable bonds is 6. The van der Waals surface area contributed by atoms with E-state index in [1.807, 2.05) is 18.2 Å². The fourth-order valence-corrected chi connectivity index (χ4v) is 2.12. The molecule has 7 heteroatoms. The first kappa shape index (κ1) is 17.4. The molecule has 1 atom stereocenters. The smallest absolute Gasteiger partial charge is 0.293 e. The summed E-state index contributed by atoms with van der Waals surface area (Å²) in [5.41, 5.74) is 1.03. The van der Waals surface area contributed by atoms with Crippen molar-refractivity contribution in [1.82, 2.24) is 4.90 Å². The highest BCUT2D eigenvalue weighted by molar-refractivity contribution is 5.96. The molecule has 1 amide bonds. The SMILES string of the molecule is CC(CO)N(C)C(=O)c1ccc(Nc2ccccc2)c([N+](=O)[O-])c1. The highest BCUT2D eigenvalue weighted by Gasteiger charge is 2.21. The topological polar surface area (TPSA) is 95.7 Å². The largest absolute Gasteiger partial charge is 0.394 e. The van der Waals surface area contributed by atoms with E-state index in [0.717, 1.165) is 0 Å². The van der Waals surface area contributed by atoms with Gasteiger partial charge in [0.05, 0.1) is 17.6 Å². The molecule has 126 valence electrons. The Bertz CT molecular complexity index is 734. The monoisotopic (exact) mass is 329 g/mol. The average molecular weight is 329 g/mol. The molecule has 0 aliphatic rings. The van der Waals surface area contributed by atoms with Crippen LogP contribution in [0, 0.1) is 10.1 Å². The molecule has 1 unspecified atom stereocenters. The Labute approximate surface area is 139 Å². The molecule has 24 heavy (non-hydrogen) atoms. The van der Waals surface area contributed by atoms with E-state index in [-0.39, 0.29) is 29.8 Å². The summed E-state index contributed by atoms with van der Waals surface area (Å²) in [6.45, 7) is 1.51. The van der Waals surface area contributed by atoms with Crippen molar-refractivity contribution in [2.75, 3.05) is 19.0 Å². The number of aliphatic hydroxyl groups is 1. The molecule has 7 nitrogen and oxygen atoms in total. The highest BCUT2D eigenvalue weighted by Crippen LogP contribution is 2.29. The average Bonchev–Trinajstić information content (AvgIpc) is 2.60. The van der Waals surface area contributed by atoms with Gasteiger partial charge < -0.3 is 15.3 Å². The van der Waals surface area contributed by atoms with Crippen LogP contribution in [-0.2, 0) is 0 Å². The van der Waals surface area contributed by atoms with Crippen molar-refractivity contribution in [2.45, 2.75) is 13.0 Å². The Morgan fingerprint density at radius 3 is 2.54 bits per heavy atom. The van der Waals surface area contributed by atoms with E-state index >= 15 is 0 Å². The Morgan fingerprint density at radius 1 is 1.29 bits per heavy atom. The van der Waals surface area contributed by atoms with Gasteiger partial charge >= 0.3 is 0 Å². The maximum atomic E-state index is 12.4. The second-order valence-electron chi connectivity index (χ2n) is 5.43. The second kappa shape index (κ2) is 7.56. The van der Waals surface area contributed by atoms with Gasteiger partial charge in [-0.25, -0.2) is 0 Å². The van der Waals surface area contributed by atoms with Gasteiger partial charge in [0, 0.05) is 24.4 Å². The van der Waals surface area contributed by atoms with Crippen molar-refractivity contribution >= 4 is 23.0 Å². The number of likely N-dealkylation sites (N-methyl/N-ethyl adjacent to an activating group) is 1. The number of nitro benzene ring substituents is 1. The lowest BCUT2D eigenvalue weighted by atomic mass is 10.1. The third-order valence-corrected chi connectivity index (χ3v) is 3.74. The van der Waals surface area contributed by atoms with Gasteiger partial charge in [0.1, 0.15) is 5.69 Å². The molecule has 0 aliphatic carbocycles. The number of para-hydroxylation sites is 1. The summed E-state index contributed by atoms with van der Waals surface area (Å²) in [6.07, 6.45) is 0. The van der Waals surface area contributed by atoms with Crippen LogP contribution in [0.2, 0.25) is 0 Å². The van der Waals surface area contributed by atoms with E-state index < -0.39 is 4.92 Å². The minimum absolute atomic E-state index is 0.183. The lowest BCUT2D eigenvalue weighted by Crippen LogP contribution is -2.37. The predicted molar refractivity (Wildman–Crippen MR) is 91.5 cm³/mol. The first-order chi connectivity index (χ1) is 11.4. The molecule has 2 aromatic rings. The second-order valence-corrected chi connectivity index (χ2v) is 5.43. The van der Waals surface area contributed by atoms with E-state index in [0.29, 0.717) is 11.4 Å². The van der Waals surface area contributed by atoms with Gasteiger partial charge in [0.2, 0.25) is 0 Å². The fourth-order valence-electron chi connectivity index (χ4n) is 2.12. The molecule has 2 rings (SSSR count). The molecule has 0 fully saturated rings. The van der Waals surface area contributed by atoms with E-state index in [1.165, 1.54) is 23.1 Å². The minimum atomic E-state index is -0.530. The number of benzene rings is 2. The number of anilines is 2. The summed E-state index contributed by atoms with van der Waals surface area (Å²) in [5, 5.41) is 23.5. The van der Waals surface area contributed by atoms with Crippen LogP contribution in [0.1, 0.15) is 17.3 Å². The van der Waals surface area contributed by atoms with Crippen LogP contribution >= 0.6 is 0 Å². The van der Waals surface area contributed by atoms with Crippen molar-refractivity contribution in [3.63, 3.8) is 0 Å². The molecule has 2 aromatic carbocycles. The summed E-state index contributed by atoms with van der Waals surface area (Å²) >= 11 is 0. The summed E-state index contributed by atoms with van der Waals surface area (Å²) in [6, 6.07) is 13.0. The van der Waals surface area contributed by atoms with Crippen molar-refractivity contribution in [2.24, 2.45) is 0 Å². The number of hydrogen-bond acceptors (Lipinski definition) is 5. The number of carbonyl (C=O) groups is 1. The van der Waals surface area contributed by atoms with E-state index in [4.69, 9.17) is 5.11 Å². The standard InChI is InChI=1S/C17H19N3O4/c1-12(11-21)19(2)17(22)13-8-9-15(16(10-13)20(23)24)18-14-6-4-3-5-7-14/h3-10,12,18,21H,11H2,1-2H3. The maximum absolute atomic E-state index is 12.4. The number of nitrogens with one attached hydrogen (secondary N) is 1. The molecule has 0 radical (unpaired) electrons. The number of carbonyl (C=O) groups excluding carboxylic acids is 1. The molecule has 0 bridgehead atoms. The summed E-state index contributed by atoms with van der Waals surface area (Å²) in [4.78, 5) is 24.5. The van der Waals surface area contributed by atoms with Gasteiger partial charge in [-0.05, 0) is 31.2 Å². The molecule has 0 saturated heterocycles. The van der Waals surface area contributed by atoms with Crippen molar-refractivity contribution in [1.29, 1.82) is 0 Å². The van der Waals surface area contributed by atoms with Crippen LogP contribution in [0.4, 0.5) is 17.1 Å². The zero-order chi connectivity index (χ0) is 17.7. The van der Waals surface area contributed by atoms with Crippen LogP contribution in [-0.4, -0.2) is 40.5 Å². The van der Waals surface area contributed by atoms with Crippen molar-refractivity contribution in [3.8, 4) is 0 Å².